The topological polar surface area (TPSA) is 90.7 Å². The third kappa shape index (κ3) is 7.42. The molecule has 0 saturated carbocycles. The van der Waals surface area contributed by atoms with Crippen LogP contribution in [0.2, 0.25) is 0 Å². The Morgan fingerprint density at radius 2 is 1.84 bits per heavy atom. The lowest BCUT2D eigenvalue weighted by Crippen LogP contribution is -2.42. The molecule has 0 aromatic heterocycles. The minimum Gasteiger partial charge on any atom is -0.469 e. The van der Waals surface area contributed by atoms with E-state index < -0.39 is 36.1 Å². The second kappa shape index (κ2) is 9.26. The lowest BCUT2D eigenvalue weighted by Gasteiger charge is -2.21. The maximum atomic E-state index is 12.2. The summed E-state index contributed by atoms with van der Waals surface area (Å²) < 4.78 is 45.0. The molecule has 0 aliphatic rings. The first-order valence-electron chi connectivity index (χ1n) is 7.64. The summed E-state index contributed by atoms with van der Waals surface area (Å²) in [5.74, 6) is -1.43. The second-order valence-corrected chi connectivity index (χ2v) is 5.35. The van der Waals surface area contributed by atoms with Crippen molar-refractivity contribution < 1.29 is 32.2 Å². The van der Waals surface area contributed by atoms with E-state index in [4.69, 9.17) is 5.73 Å². The molecule has 0 radical (unpaired) electrons. The zero-order valence-corrected chi connectivity index (χ0v) is 13.9. The molecule has 0 aliphatic carbocycles. The van der Waals surface area contributed by atoms with Crippen LogP contribution in [0, 0.1) is 0 Å². The fourth-order valence-corrected chi connectivity index (χ4v) is 2.12. The number of carbonyl (C=O) groups is 2. The van der Waals surface area contributed by atoms with Gasteiger partial charge in [-0.15, -0.1) is 13.2 Å². The number of carbonyl (C=O) groups excluding carboxylic acids is 2. The summed E-state index contributed by atoms with van der Waals surface area (Å²) in [7, 11) is 1.20. The van der Waals surface area contributed by atoms with E-state index >= 15 is 0 Å². The standard InChI is InChI=1S/C16H21F3N2O4/c1-3-4-12(20)15(23)21-13(9-14(22)24-2)10-5-7-11(8-6-10)25-16(17,18)19/h5-8,12-13H,3-4,9,20H2,1-2H3,(H,21,23). The summed E-state index contributed by atoms with van der Waals surface area (Å²) >= 11 is 0. The van der Waals surface area contributed by atoms with Crippen molar-refractivity contribution in [1.82, 2.24) is 5.32 Å². The zero-order chi connectivity index (χ0) is 19.0. The fourth-order valence-electron chi connectivity index (χ4n) is 2.12. The van der Waals surface area contributed by atoms with Crippen molar-refractivity contribution in [2.75, 3.05) is 7.11 Å². The Morgan fingerprint density at radius 1 is 1.24 bits per heavy atom. The number of benzene rings is 1. The minimum absolute atomic E-state index is 0.180. The molecule has 6 nitrogen and oxygen atoms in total. The van der Waals surface area contributed by atoms with E-state index in [1.54, 1.807) is 0 Å². The Morgan fingerprint density at radius 3 is 2.32 bits per heavy atom. The molecule has 1 aromatic rings. The van der Waals surface area contributed by atoms with Gasteiger partial charge in [-0.05, 0) is 24.1 Å². The highest BCUT2D eigenvalue weighted by Crippen LogP contribution is 2.25. The van der Waals surface area contributed by atoms with Crippen LogP contribution >= 0.6 is 0 Å². The Hall–Kier alpha value is -2.29. The highest BCUT2D eigenvalue weighted by Gasteiger charge is 2.31. The number of hydrogen-bond donors (Lipinski definition) is 2. The molecule has 1 rings (SSSR count). The third-order valence-electron chi connectivity index (χ3n) is 3.37. The first kappa shape index (κ1) is 20.8. The van der Waals surface area contributed by atoms with Gasteiger partial charge in [0.1, 0.15) is 5.75 Å². The Kier molecular flexibility index (Phi) is 7.69. The number of esters is 1. The van der Waals surface area contributed by atoms with Crippen molar-refractivity contribution in [3.63, 3.8) is 0 Å². The van der Waals surface area contributed by atoms with Crippen molar-refractivity contribution in [2.45, 2.75) is 44.6 Å². The van der Waals surface area contributed by atoms with Gasteiger partial charge in [-0.3, -0.25) is 9.59 Å². The Bertz CT molecular complexity index is 576. The Labute approximate surface area is 143 Å². The second-order valence-electron chi connectivity index (χ2n) is 5.35. The predicted octanol–water partition coefficient (Wildman–Crippen LogP) is 2.43. The third-order valence-corrected chi connectivity index (χ3v) is 3.37. The van der Waals surface area contributed by atoms with Crippen LogP contribution in [0.15, 0.2) is 24.3 Å². The fraction of sp³-hybridized carbons (Fsp3) is 0.500. The van der Waals surface area contributed by atoms with Crippen LogP contribution in [-0.4, -0.2) is 31.4 Å². The molecular weight excluding hydrogens is 341 g/mol. The molecule has 1 amide bonds. The maximum Gasteiger partial charge on any atom is 0.573 e. The van der Waals surface area contributed by atoms with Crippen molar-refractivity contribution in [3.8, 4) is 5.75 Å². The summed E-state index contributed by atoms with van der Waals surface area (Å²) in [6, 6.07) is 3.36. The van der Waals surface area contributed by atoms with Gasteiger partial charge in [-0.25, -0.2) is 0 Å². The molecule has 140 valence electrons. The number of hydrogen-bond acceptors (Lipinski definition) is 5. The number of ether oxygens (including phenoxy) is 2. The normalized spacial score (nSPS) is 13.7. The lowest BCUT2D eigenvalue weighted by atomic mass is 10.0. The highest BCUT2D eigenvalue weighted by molar-refractivity contribution is 5.82. The molecule has 0 bridgehead atoms. The number of alkyl halides is 3. The van der Waals surface area contributed by atoms with Gasteiger partial charge in [0.05, 0.1) is 25.6 Å². The van der Waals surface area contributed by atoms with E-state index in [9.17, 15) is 22.8 Å². The Balaban J connectivity index is 2.91. The summed E-state index contributed by atoms with van der Waals surface area (Å²) in [5, 5.41) is 2.62. The smallest absolute Gasteiger partial charge is 0.469 e. The number of rotatable bonds is 8. The van der Waals surface area contributed by atoms with Crippen LogP contribution in [0.1, 0.15) is 37.8 Å². The number of nitrogens with one attached hydrogen (secondary N) is 1. The average molecular weight is 362 g/mol. The van der Waals surface area contributed by atoms with Gasteiger partial charge in [0.15, 0.2) is 0 Å². The molecule has 0 spiro atoms. The first-order chi connectivity index (χ1) is 11.7. The zero-order valence-electron chi connectivity index (χ0n) is 13.9. The minimum atomic E-state index is -4.80. The molecule has 1 aromatic carbocycles. The van der Waals surface area contributed by atoms with Crippen molar-refractivity contribution in [2.24, 2.45) is 5.73 Å². The lowest BCUT2D eigenvalue weighted by molar-refractivity contribution is -0.274. The molecular formula is C16H21F3N2O4. The van der Waals surface area contributed by atoms with E-state index in [1.165, 1.54) is 19.2 Å². The van der Waals surface area contributed by atoms with Crippen LogP contribution in [0.3, 0.4) is 0 Å². The van der Waals surface area contributed by atoms with Crippen LogP contribution < -0.4 is 15.8 Å². The highest BCUT2D eigenvalue weighted by atomic mass is 19.4. The van der Waals surface area contributed by atoms with Crippen LogP contribution in [0.25, 0.3) is 0 Å². The quantitative estimate of drug-likeness (QED) is 0.693. The molecule has 2 atom stereocenters. The number of methoxy groups -OCH3 is 1. The number of halogens is 3. The van der Waals surface area contributed by atoms with E-state index in [2.05, 4.69) is 14.8 Å². The average Bonchev–Trinajstić information content (AvgIpc) is 2.53. The van der Waals surface area contributed by atoms with E-state index in [0.717, 1.165) is 12.1 Å². The summed E-state index contributed by atoms with van der Waals surface area (Å²) in [6.45, 7) is 1.87. The molecule has 0 heterocycles. The molecule has 25 heavy (non-hydrogen) atoms. The molecule has 2 unspecified atom stereocenters. The van der Waals surface area contributed by atoms with Crippen molar-refractivity contribution in [1.29, 1.82) is 0 Å². The molecule has 0 saturated heterocycles. The van der Waals surface area contributed by atoms with Crippen molar-refractivity contribution >= 4 is 11.9 Å². The van der Waals surface area contributed by atoms with E-state index in [-0.39, 0.29) is 6.42 Å². The van der Waals surface area contributed by atoms with Crippen molar-refractivity contribution in [3.05, 3.63) is 29.8 Å². The molecule has 0 fully saturated rings. The molecule has 0 aliphatic heterocycles. The summed E-state index contributed by atoms with van der Waals surface area (Å²) in [4.78, 5) is 23.6. The SMILES string of the molecule is CCCC(N)C(=O)NC(CC(=O)OC)c1ccc(OC(F)(F)F)cc1. The van der Waals surface area contributed by atoms with Gasteiger partial charge in [0.2, 0.25) is 5.91 Å². The van der Waals surface area contributed by atoms with Crippen LogP contribution in [-0.2, 0) is 14.3 Å². The molecule has 9 heteroatoms. The van der Waals surface area contributed by atoms with Crippen LogP contribution in [0.5, 0.6) is 5.75 Å². The summed E-state index contributed by atoms with van der Waals surface area (Å²) in [6.07, 6.45) is -3.80. The number of amides is 1. The van der Waals surface area contributed by atoms with Gasteiger partial charge in [0.25, 0.3) is 0 Å². The van der Waals surface area contributed by atoms with Gasteiger partial charge < -0.3 is 20.5 Å². The van der Waals surface area contributed by atoms with E-state index in [0.29, 0.717) is 18.4 Å². The van der Waals surface area contributed by atoms with Gasteiger partial charge in [-0.2, -0.15) is 0 Å². The molecule has 3 N–H and O–H groups in total. The maximum absolute atomic E-state index is 12.2. The van der Waals surface area contributed by atoms with Gasteiger partial charge in [-0.1, -0.05) is 25.5 Å². The monoisotopic (exact) mass is 362 g/mol. The number of nitrogens with two attached hydrogens (primary N) is 1. The van der Waals surface area contributed by atoms with Gasteiger partial charge in [0, 0.05) is 0 Å². The first-order valence-corrected chi connectivity index (χ1v) is 7.64. The van der Waals surface area contributed by atoms with Crippen LogP contribution in [0.4, 0.5) is 13.2 Å². The summed E-state index contributed by atoms with van der Waals surface area (Å²) in [5.41, 5.74) is 6.17. The largest absolute Gasteiger partial charge is 0.573 e. The van der Waals surface area contributed by atoms with Gasteiger partial charge >= 0.3 is 12.3 Å². The predicted molar refractivity (Wildman–Crippen MR) is 83.5 cm³/mol. The van der Waals surface area contributed by atoms with E-state index in [1.807, 2.05) is 6.92 Å².